The molecule has 0 bridgehead atoms. The Morgan fingerprint density at radius 2 is 1.70 bits per heavy atom. The molecular formula is C18H22N2O3. The molecule has 0 spiro atoms. The monoisotopic (exact) mass is 314 g/mol. The molecule has 1 heterocycles. The maximum Gasteiger partial charge on any atom is 0.251 e. The first-order valence-electron chi connectivity index (χ1n) is 7.53. The van der Waals surface area contributed by atoms with Crippen LogP contribution in [0.1, 0.15) is 47.1 Å². The first kappa shape index (κ1) is 17.0. The number of ketones is 1. The zero-order valence-electron chi connectivity index (χ0n) is 13.6. The number of carbonyl (C=O) groups is 2. The number of H-pyrrole nitrogens is 1. The molecule has 0 saturated carbocycles. The molecule has 1 atom stereocenters. The third kappa shape index (κ3) is 4.29. The second-order valence-electron chi connectivity index (χ2n) is 6.60. The van der Waals surface area contributed by atoms with Crippen LogP contribution in [0.15, 0.2) is 42.7 Å². The third-order valence-corrected chi connectivity index (χ3v) is 3.73. The summed E-state index contributed by atoms with van der Waals surface area (Å²) in [7, 11) is 0. The Morgan fingerprint density at radius 3 is 2.22 bits per heavy atom. The van der Waals surface area contributed by atoms with Gasteiger partial charge < -0.3 is 15.4 Å². The van der Waals surface area contributed by atoms with Crippen molar-refractivity contribution < 1.29 is 14.7 Å². The molecule has 0 radical (unpaired) electrons. The number of rotatable bonds is 5. The van der Waals surface area contributed by atoms with Gasteiger partial charge >= 0.3 is 0 Å². The van der Waals surface area contributed by atoms with Crippen LogP contribution in [0.3, 0.4) is 0 Å². The lowest BCUT2D eigenvalue weighted by molar-refractivity contribution is 0.0587. The highest BCUT2D eigenvalue weighted by Gasteiger charge is 2.22. The van der Waals surface area contributed by atoms with Crippen molar-refractivity contribution in [3.63, 3.8) is 0 Å². The van der Waals surface area contributed by atoms with Gasteiger partial charge in [0.05, 0.1) is 6.10 Å². The Hall–Kier alpha value is -2.40. The van der Waals surface area contributed by atoms with E-state index in [1.165, 1.54) is 0 Å². The average Bonchev–Trinajstić information content (AvgIpc) is 3.05. The molecule has 2 aromatic rings. The van der Waals surface area contributed by atoms with Crippen LogP contribution in [0.4, 0.5) is 0 Å². The Bertz CT molecular complexity index is 667. The first-order chi connectivity index (χ1) is 10.8. The van der Waals surface area contributed by atoms with Gasteiger partial charge in [0.2, 0.25) is 0 Å². The summed E-state index contributed by atoms with van der Waals surface area (Å²) in [4.78, 5) is 27.1. The molecule has 1 amide bonds. The minimum Gasteiger partial charge on any atom is -0.391 e. The lowest BCUT2D eigenvalue weighted by Crippen LogP contribution is -2.39. The highest BCUT2D eigenvalue weighted by molar-refractivity contribution is 6.09. The summed E-state index contributed by atoms with van der Waals surface area (Å²) in [5.74, 6) is -0.365. The van der Waals surface area contributed by atoms with Crippen LogP contribution in [0.5, 0.6) is 0 Å². The topological polar surface area (TPSA) is 82.2 Å². The van der Waals surface area contributed by atoms with E-state index in [2.05, 4.69) is 10.3 Å². The predicted octanol–water partition coefficient (Wildman–Crippen LogP) is 2.38. The van der Waals surface area contributed by atoms with Gasteiger partial charge in [-0.05, 0) is 23.6 Å². The second-order valence-corrected chi connectivity index (χ2v) is 6.60. The summed E-state index contributed by atoms with van der Waals surface area (Å²) in [5.41, 5.74) is 1.27. The zero-order valence-corrected chi connectivity index (χ0v) is 13.6. The van der Waals surface area contributed by atoms with Crippen molar-refractivity contribution in [1.82, 2.24) is 10.3 Å². The van der Waals surface area contributed by atoms with Gasteiger partial charge in [-0.25, -0.2) is 0 Å². The van der Waals surface area contributed by atoms with Gasteiger partial charge in [-0.15, -0.1) is 0 Å². The SMILES string of the molecule is CC(C)(C)C(O)CNC(=O)c1ccc(C(=O)c2cc[nH]c2)cc1. The third-order valence-electron chi connectivity index (χ3n) is 3.73. The molecule has 0 aliphatic heterocycles. The van der Waals surface area contributed by atoms with Crippen molar-refractivity contribution in [2.75, 3.05) is 6.54 Å². The Balaban J connectivity index is 1.99. The van der Waals surface area contributed by atoms with Crippen molar-refractivity contribution in [3.05, 3.63) is 59.4 Å². The summed E-state index contributed by atoms with van der Waals surface area (Å²) in [6.07, 6.45) is 2.70. The predicted molar refractivity (Wildman–Crippen MR) is 88.5 cm³/mol. The van der Waals surface area contributed by atoms with Crippen LogP contribution < -0.4 is 5.32 Å². The fourth-order valence-electron chi connectivity index (χ4n) is 2.00. The molecule has 1 aromatic heterocycles. The molecule has 3 N–H and O–H groups in total. The summed E-state index contributed by atoms with van der Waals surface area (Å²) < 4.78 is 0. The molecule has 0 aliphatic carbocycles. The Morgan fingerprint density at radius 1 is 1.09 bits per heavy atom. The van der Waals surface area contributed by atoms with Crippen LogP contribution in [-0.4, -0.2) is 34.4 Å². The highest BCUT2D eigenvalue weighted by Crippen LogP contribution is 2.18. The summed E-state index contributed by atoms with van der Waals surface area (Å²) in [6, 6.07) is 8.18. The number of nitrogens with one attached hydrogen (secondary N) is 2. The van der Waals surface area contributed by atoms with E-state index in [9.17, 15) is 14.7 Å². The maximum atomic E-state index is 12.2. The van der Waals surface area contributed by atoms with Crippen molar-refractivity contribution >= 4 is 11.7 Å². The maximum absolute atomic E-state index is 12.2. The van der Waals surface area contributed by atoms with Gasteiger partial charge in [-0.2, -0.15) is 0 Å². The van der Waals surface area contributed by atoms with E-state index in [1.54, 1.807) is 42.7 Å². The molecule has 0 fully saturated rings. The van der Waals surface area contributed by atoms with E-state index in [0.717, 1.165) is 0 Å². The Labute approximate surface area is 135 Å². The first-order valence-corrected chi connectivity index (χ1v) is 7.53. The molecule has 0 saturated heterocycles. The van der Waals surface area contributed by atoms with E-state index in [4.69, 9.17) is 0 Å². The smallest absolute Gasteiger partial charge is 0.251 e. The van der Waals surface area contributed by atoms with Crippen LogP contribution in [0.2, 0.25) is 0 Å². The molecule has 122 valence electrons. The number of hydrogen-bond acceptors (Lipinski definition) is 3. The van der Waals surface area contributed by atoms with Gasteiger partial charge in [0, 0.05) is 35.6 Å². The number of amides is 1. The number of aromatic nitrogens is 1. The Kier molecular flexibility index (Phi) is 5.01. The van der Waals surface area contributed by atoms with E-state index in [1.807, 2.05) is 20.8 Å². The van der Waals surface area contributed by atoms with E-state index in [-0.39, 0.29) is 23.7 Å². The summed E-state index contributed by atoms with van der Waals surface area (Å²) in [6.45, 7) is 5.91. The minimum atomic E-state index is -0.624. The van der Waals surface area contributed by atoms with Gasteiger partial charge in [0.1, 0.15) is 0 Å². The summed E-state index contributed by atoms with van der Waals surface area (Å²) in [5, 5.41) is 12.6. The number of carbonyl (C=O) groups excluding carboxylic acids is 2. The molecule has 1 aromatic carbocycles. The van der Waals surface area contributed by atoms with Crippen LogP contribution in [0.25, 0.3) is 0 Å². The minimum absolute atomic E-state index is 0.0960. The van der Waals surface area contributed by atoms with Gasteiger partial charge in [-0.3, -0.25) is 9.59 Å². The van der Waals surface area contributed by atoms with Gasteiger partial charge in [0.15, 0.2) is 5.78 Å². The normalized spacial score (nSPS) is 12.7. The quantitative estimate of drug-likeness (QED) is 0.741. The molecular weight excluding hydrogens is 292 g/mol. The van der Waals surface area contributed by atoms with Crippen molar-refractivity contribution in [3.8, 4) is 0 Å². The van der Waals surface area contributed by atoms with Crippen molar-refractivity contribution in [2.45, 2.75) is 26.9 Å². The lowest BCUT2D eigenvalue weighted by atomic mass is 9.89. The lowest BCUT2D eigenvalue weighted by Gasteiger charge is -2.25. The van der Waals surface area contributed by atoms with Crippen LogP contribution in [0, 0.1) is 5.41 Å². The zero-order chi connectivity index (χ0) is 17.0. The molecule has 0 aliphatic rings. The standard InChI is InChI=1S/C18H22N2O3/c1-18(2,3)15(21)11-20-17(23)13-6-4-12(5-7-13)16(22)14-8-9-19-10-14/h4-10,15,19,21H,11H2,1-3H3,(H,20,23). The van der Waals surface area contributed by atoms with Crippen LogP contribution >= 0.6 is 0 Å². The molecule has 1 unspecified atom stereocenters. The number of hydrogen-bond donors (Lipinski definition) is 3. The summed E-state index contributed by atoms with van der Waals surface area (Å²) >= 11 is 0. The fraction of sp³-hybridized carbons (Fsp3) is 0.333. The molecule has 23 heavy (non-hydrogen) atoms. The van der Waals surface area contributed by atoms with Gasteiger partial charge in [-0.1, -0.05) is 32.9 Å². The van der Waals surface area contributed by atoms with Crippen molar-refractivity contribution in [1.29, 1.82) is 0 Å². The fourth-order valence-corrected chi connectivity index (χ4v) is 2.00. The number of aliphatic hydroxyl groups excluding tert-OH is 1. The van der Waals surface area contributed by atoms with E-state index in [0.29, 0.717) is 16.7 Å². The highest BCUT2D eigenvalue weighted by atomic mass is 16.3. The average molecular weight is 314 g/mol. The molecule has 2 rings (SSSR count). The second kappa shape index (κ2) is 6.79. The molecule has 5 heteroatoms. The van der Waals surface area contributed by atoms with E-state index < -0.39 is 6.10 Å². The number of aliphatic hydroxyl groups is 1. The largest absolute Gasteiger partial charge is 0.391 e. The van der Waals surface area contributed by atoms with Crippen molar-refractivity contribution in [2.24, 2.45) is 5.41 Å². The molecule has 5 nitrogen and oxygen atoms in total. The van der Waals surface area contributed by atoms with E-state index >= 15 is 0 Å². The van der Waals surface area contributed by atoms with Gasteiger partial charge in [0.25, 0.3) is 5.91 Å². The van der Waals surface area contributed by atoms with Crippen LogP contribution in [-0.2, 0) is 0 Å². The number of aromatic amines is 1. The number of benzene rings is 1.